The Morgan fingerprint density at radius 2 is 2.09 bits per heavy atom. The predicted octanol–water partition coefficient (Wildman–Crippen LogP) is 3.77. The zero-order valence-electron chi connectivity index (χ0n) is 11.8. The van der Waals surface area contributed by atoms with Gasteiger partial charge in [0.25, 0.3) is 5.91 Å². The standard InChI is InChI=1S/C16H14FN3OS/c1-10(11-4-6-12(17)7-5-11)19-16(21)13-9-18-20-15(13)14-3-2-8-22-14/h2-10H,1H3,(H,18,20)(H,19,21)/t10-/m0/s1. The fourth-order valence-electron chi connectivity index (χ4n) is 2.18. The minimum absolute atomic E-state index is 0.214. The number of carbonyl (C=O) groups is 1. The molecule has 3 aromatic rings. The van der Waals surface area contributed by atoms with Crippen LogP contribution in [0.15, 0.2) is 48.0 Å². The Morgan fingerprint density at radius 1 is 1.32 bits per heavy atom. The predicted molar refractivity (Wildman–Crippen MR) is 84.2 cm³/mol. The van der Waals surface area contributed by atoms with Crippen molar-refractivity contribution in [1.82, 2.24) is 15.5 Å². The number of aromatic amines is 1. The fourth-order valence-corrected chi connectivity index (χ4v) is 2.91. The van der Waals surface area contributed by atoms with Crippen molar-refractivity contribution in [3.05, 3.63) is 64.9 Å². The lowest BCUT2D eigenvalue weighted by Gasteiger charge is -2.14. The number of carbonyl (C=O) groups excluding carboxylic acids is 1. The van der Waals surface area contributed by atoms with Crippen molar-refractivity contribution >= 4 is 17.2 Å². The summed E-state index contributed by atoms with van der Waals surface area (Å²) < 4.78 is 12.9. The number of hydrogen-bond donors (Lipinski definition) is 2. The molecule has 0 unspecified atom stereocenters. The lowest BCUT2D eigenvalue weighted by molar-refractivity contribution is 0.0940. The molecule has 0 saturated heterocycles. The Labute approximate surface area is 131 Å². The van der Waals surface area contributed by atoms with Crippen molar-refractivity contribution in [1.29, 1.82) is 0 Å². The summed E-state index contributed by atoms with van der Waals surface area (Å²) in [6.07, 6.45) is 1.52. The van der Waals surface area contributed by atoms with Gasteiger partial charge in [-0.2, -0.15) is 5.10 Å². The van der Waals surface area contributed by atoms with Gasteiger partial charge >= 0.3 is 0 Å². The number of amides is 1. The first kappa shape index (κ1) is 14.5. The van der Waals surface area contributed by atoms with E-state index in [0.717, 1.165) is 10.4 Å². The van der Waals surface area contributed by atoms with E-state index in [1.165, 1.54) is 29.7 Å². The maximum absolute atomic E-state index is 12.9. The Bertz CT molecular complexity index is 765. The Hall–Kier alpha value is -2.47. The van der Waals surface area contributed by atoms with Crippen LogP contribution < -0.4 is 5.32 Å². The van der Waals surface area contributed by atoms with Gasteiger partial charge in [-0.05, 0) is 36.1 Å². The smallest absolute Gasteiger partial charge is 0.255 e. The van der Waals surface area contributed by atoms with E-state index in [-0.39, 0.29) is 17.8 Å². The third-order valence-corrected chi connectivity index (χ3v) is 4.26. The molecule has 2 N–H and O–H groups in total. The molecule has 6 heteroatoms. The second-order valence-electron chi connectivity index (χ2n) is 4.88. The first-order valence-corrected chi connectivity index (χ1v) is 7.66. The number of aromatic nitrogens is 2. The van der Waals surface area contributed by atoms with Crippen molar-refractivity contribution in [2.24, 2.45) is 0 Å². The summed E-state index contributed by atoms with van der Waals surface area (Å²) in [5, 5.41) is 11.7. The molecule has 1 amide bonds. The van der Waals surface area contributed by atoms with Gasteiger partial charge in [0.2, 0.25) is 0 Å². The third-order valence-electron chi connectivity index (χ3n) is 3.37. The van der Waals surface area contributed by atoms with Gasteiger partial charge in [-0.1, -0.05) is 18.2 Å². The molecule has 1 atom stereocenters. The van der Waals surface area contributed by atoms with Gasteiger partial charge in [-0.15, -0.1) is 11.3 Å². The summed E-state index contributed by atoms with van der Waals surface area (Å²) in [5.74, 6) is -0.508. The monoisotopic (exact) mass is 315 g/mol. The van der Waals surface area contributed by atoms with E-state index in [1.54, 1.807) is 12.1 Å². The maximum atomic E-state index is 12.9. The zero-order chi connectivity index (χ0) is 15.5. The van der Waals surface area contributed by atoms with Crippen LogP contribution in [-0.2, 0) is 0 Å². The lowest BCUT2D eigenvalue weighted by atomic mass is 10.1. The van der Waals surface area contributed by atoms with E-state index < -0.39 is 0 Å². The van der Waals surface area contributed by atoms with Crippen molar-refractivity contribution in [3.63, 3.8) is 0 Å². The van der Waals surface area contributed by atoms with Crippen LogP contribution in [0.5, 0.6) is 0 Å². The van der Waals surface area contributed by atoms with E-state index in [1.807, 2.05) is 24.4 Å². The highest BCUT2D eigenvalue weighted by molar-refractivity contribution is 7.13. The molecule has 4 nitrogen and oxygen atoms in total. The van der Waals surface area contributed by atoms with Crippen LogP contribution in [0.3, 0.4) is 0 Å². The van der Waals surface area contributed by atoms with Crippen LogP contribution in [0.4, 0.5) is 4.39 Å². The van der Waals surface area contributed by atoms with Gasteiger partial charge in [0.1, 0.15) is 5.82 Å². The van der Waals surface area contributed by atoms with Gasteiger partial charge in [0.15, 0.2) is 0 Å². The molecule has 0 radical (unpaired) electrons. The number of benzene rings is 1. The molecule has 0 bridgehead atoms. The summed E-state index contributed by atoms with van der Waals surface area (Å²) in [6.45, 7) is 1.86. The Kier molecular flexibility index (Phi) is 4.02. The van der Waals surface area contributed by atoms with Gasteiger partial charge in [0, 0.05) is 0 Å². The van der Waals surface area contributed by atoms with E-state index in [4.69, 9.17) is 0 Å². The summed E-state index contributed by atoms with van der Waals surface area (Å²) >= 11 is 1.54. The first-order chi connectivity index (χ1) is 10.6. The number of H-pyrrole nitrogens is 1. The molecule has 0 aliphatic heterocycles. The third kappa shape index (κ3) is 2.92. The summed E-state index contributed by atoms with van der Waals surface area (Å²) in [4.78, 5) is 13.4. The second kappa shape index (κ2) is 6.11. The molecule has 1 aromatic carbocycles. The minimum atomic E-state index is -0.294. The lowest BCUT2D eigenvalue weighted by Crippen LogP contribution is -2.26. The van der Waals surface area contributed by atoms with Crippen LogP contribution in [0.2, 0.25) is 0 Å². The molecule has 0 aliphatic rings. The van der Waals surface area contributed by atoms with Crippen LogP contribution >= 0.6 is 11.3 Å². The summed E-state index contributed by atoms with van der Waals surface area (Å²) in [5.41, 5.74) is 2.05. The Morgan fingerprint density at radius 3 is 2.77 bits per heavy atom. The van der Waals surface area contributed by atoms with Crippen molar-refractivity contribution in [2.75, 3.05) is 0 Å². The van der Waals surface area contributed by atoms with Crippen molar-refractivity contribution < 1.29 is 9.18 Å². The molecular weight excluding hydrogens is 301 g/mol. The molecule has 0 fully saturated rings. The van der Waals surface area contributed by atoms with Crippen molar-refractivity contribution in [3.8, 4) is 10.6 Å². The number of halogens is 1. The molecule has 0 aliphatic carbocycles. The molecular formula is C16H14FN3OS. The molecule has 112 valence electrons. The van der Waals surface area contributed by atoms with Gasteiger partial charge < -0.3 is 5.32 Å². The van der Waals surface area contributed by atoms with Crippen LogP contribution in [0.1, 0.15) is 28.9 Å². The molecule has 3 rings (SSSR count). The first-order valence-electron chi connectivity index (χ1n) is 6.78. The highest BCUT2D eigenvalue weighted by Crippen LogP contribution is 2.26. The van der Waals surface area contributed by atoms with Crippen molar-refractivity contribution in [2.45, 2.75) is 13.0 Å². The fraction of sp³-hybridized carbons (Fsp3) is 0.125. The normalized spacial score (nSPS) is 12.1. The quantitative estimate of drug-likeness (QED) is 0.770. The highest BCUT2D eigenvalue weighted by Gasteiger charge is 2.18. The van der Waals surface area contributed by atoms with Crippen LogP contribution in [0, 0.1) is 5.82 Å². The molecule has 2 heterocycles. The van der Waals surface area contributed by atoms with Crippen LogP contribution in [-0.4, -0.2) is 16.1 Å². The van der Waals surface area contributed by atoms with Gasteiger partial charge in [0.05, 0.1) is 28.4 Å². The van der Waals surface area contributed by atoms with E-state index in [9.17, 15) is 9.18 Å². The number of thiophene rings is 1. The van der Waals surface area contributed by atoms with E-state index in [0.29, 0.717) is 11.3 Å². The van der Waals surface area contributed by atoms with E-state index in [2.05, 4.69) is 15.5 Å². The average Bonchev–Trinajstić information content (AvgIpc) is 3.18. The maximum Gasteiger partial charge on any atom is 0.255 e. The SMILES string of the molecule is C[C@H](NC(=O)c1cn[nH]c1-c1cccs1)c1ccc(F)cc1. The largest absolute Gasteiger partial charge is 0.345 e. The molecule has 0 spiro atoms. The minimum Gasteiger partial charge on any atom is -0.345 e. The zero-order valence-corrected chi connectivity index (χ0v) is 12.7. The summed E-state index contributed by atoms with van der Waals surface area (Å²) in [7, 11) is 0. The number of rotatable bonds is 4. The Balaban J connectivity index is 1.78. The molecule has 0 saturated carbocycles. The summed E-state index contributed by atoms with van der Waals surface area (Å²) in [6, 6.07) is 9.72. The van der Waals surface area contributed by atoms with Gasteiger partial charge in [-0.3, -0.25) is 9.89 Å². The number of nitrogens with zero attached hydrogens (tertiary/aromatic N) is 1. The second-order valence-corrected chi connectivity index (χ2v) is 5.83. The number of nitrogens with one attached hydrogen (secondary N) is 2. The van der Waals surface area contributed by atoms with Crippen LogP contribution in [0.25, 0.3) is 10.6 Å². The molecule has 2 aromatic heterocycles. The number of hydrogen-bond acceptors (Lipinski definition) is 3. The van der Waals surface area contributed by atoms with Gasteiger partial charge in [-0.25, -0.2) is 4.39 Å². The average molecular weight is 315 g/mol. The van der Waals surface area contributed by atoms with E-state index >= 15 is 0 Å². The topological polar surface area (TPSA) is 57.8 Å². The highest BCUT2D eigenvalue weighted by atomic mass is 32.1. The molecule has 22 heavy (non-hydrogen) atoms.